The molecule has 1 aliphatic rings. The maximum absolute atomic E-state index is 11.7. The summed E-state index contributed by atoms with van der Waals surface area (Å²) in [6.45, 7) is 3.45. The number of carboxylic acids is 1. The number of aliphatic carboxylic acids is 1. The average molecular weight is 262 g/mol. The van der Waals surface area contributed by atoms with E-state index in [9.17, 15) is 9.59 Å². The van der Waals surface area contributed by atoms with Crippen LogP contribution in [0.3, 0.4) is 0 Å². The van der Waals surface area contributed by atoms with Crippen LogP contribution in [0.15, 0.2) is 0 Å². The third-order valence-electron chi connectivity index (χ3n) is 2.53. The molecule has 0 spiro atoms. The second kappa shape index (κ2) is 6.70. The van der Waals surface area contributed by atoms with Crippen LogP contribution in [-0.2, 0) is 9.53 Å². The van der Waals surface area contributed by atoms with Crippen molar-refractivity contribution in [1.29, 1.82) is 0 Å². The fourth-order valence-corrected chi connectivity index (χ4v) is 2.58. The molecule has 1 saturated heterocycles. The van der Waals surface area contributed by atoms with Gasteiger partial charge in [0.2, 0.25) is 0 Å². The zero-order valence-corrected chi connectivity index (χ0v) is 10.8. The zero-order valence-electron chi connectivity index (χ0n) is 10.0. The Morgan fingerprint density at radius 2 is 2.35 bits per heavy atom. The number of carbonyl (C=O) groups excluding carboxylic acids is 1. The van der Waals surface area contributed by atoms with E-state index in [1.165, 1.54) is 7.11 Å². The highest BCUT2D eigenvalue weighted by molar-refractivity contribution is 7.99. The lowest BCUT2D eigenvalue weighted by atomic mass is 10.3. The van der Waals surface area contributed by atoms with E-state index in [1.54, 1.807) is 4.90 Å². The van der Waals surface area contributed by atoms with Crippen LogP contribution in [0.5, 0.6) is 0 Å². The molecule has 1 rings (SSSR count). The van der Waals surface area contributed by atoms with Gasteiger partial charge in [0.15, 0.2) is 6.10 Å². The Labute approximate surface area is 105 Å². The molecule has 2 atom stereocenters. The van der Waals surface area contributed by atoms with Crippen molar-refractivity contribution in [2.75, 3.05) is 32.5 Å². The fraction of sp³-hybridized carbons (Fsp3) is 0.800. The Balaban J connectivity index is 2.35. The Kier molecular flexibility index (Phi) is 5.57. The van der Waals surface area contributed by atoms with Crippen molar-refractivity contribution in [2.24, 2.45) is 0 Å². The Bertz CT molecular complexity index is 287. The maximum atomic E-state index is 11.7. The number of urea groups is 1. The monoisotopic (exact) mass is 262 g/mol. The minimum Gasteiger partial charge on any atom is -0.479 e. The van der Waals surface area contributed by atoms with Gasteiger partial charge in [-0.15, -0.1) is 0 Å². The molecule has 17 heavy (non-hydrogen) atoms. The van der Waals surface area contributed by atoms with E-state index in [1.807, 2.05) is 11.8 Å². The lowest BCUT2D eigenvalue weighted by Gasteiger charge is -2.30. The summed E-state index contributed by atoms with van der Waals surface area (Å²) in [5.41, 5.74) is 0. The van der Waals surface area contributed by atoms with Gasteiger partial charge in [-0.2, -0.15) is 11.8 Å². The second-order valence-corrected chi connectivity index (χ2v) is 5.42. The first-order chi connectivity index (χ1) is 8.04. The van der Waals surface area contributed by atoms with Crippen LogP contribution in [0.4, 0.5) is 4.79 Å². The highest BCUT2D eigenvalue weighted by atomic mass is 32.2. The second-order valence-electron chi connectivity index (χ2n) is 3.88. The standard InChI is InChI=1S/C10H18N2O4S/c1-7-6-12(3-4-17-7)10(15)11-5-8(16-2)9(13)14/h7-8H,3-6H2,1-2H3,(H,11,15)(H,13,14). The van der Waals surface area contributed by atoms with E-state index in [2.05, 4.69) is 12.2 Å². The van der Waals surface area contributed by atoms with E-state index in [4.69, 9.17) is 9.84 Å². The van der Waals surface area contributed by atoms with E-state index >= 15 is 0 Å². The predicted molar refractivity (Wildman–Crippen MR) is 65.3 cm³/mol. The molecule has 0 aromatic heterocycles. The van der Waals surface area contributed by atoms with Crippen molar-refractivity contribution >= 4 is 23.8 Å². The number of rotatable bonds is 4. The van der Waals surface area contributed by atoms with Gasteiger partial charge in [0, 0.05) is 31.2 Å². The van der Waals surface area contributed by atoms with Crippen molar-refractivity contribution < 1.29 is 19.4 Å². The summed E-state index contributed by atoms with van der Waals surface area (Å²) in [6.07, 6.45) is -0.990. The summed E-state index contributed by atoms with van der Waals surface area (Å²) in [4.78, 5) is 24.1. The van der Waals surface area contributed by atoms with Gasteiger partial charge in [-0.05, 0) is 0 Å². The Morgan fingerprint density at radius 1 is 1.65 bits per heavy atom. The minimum atomic E-state index is -1.07. The number of hydrogen-bond acceptors (Lipinski definition) is 4. The molecule has 1 fully saturated rings. The molecule has 0 radical (unpaired) electrons. The molecule has 2 unspecified atom stereocenters. The van der Waals surface area contributed by atoms with Crippen LogP contribution in [-0.4, -0.2) is 65.9 Å². The molecule has 1 aliphatic heterocycles. The molecule has 0 aromatic carbocycles. The number of methoxy groups -OCH3 is 1. The van der Waals surface area contributed by atoms with Gasteiger partial charge >= 0.3 is 12.0 Å². The van der Waals surface area contributed by atoms with Gasteiger partial charge in [-0.3, -0.25) is 0 Å². The van der Waals surface area contributed by atoms with Gasteiger partial charge in [0.1, 0.15) is 0 Å². The van der Waals surface area contributed by atoms with Gasteiger partial charge < -0.3 is 20.1 Å². The van der Waals surface area contributed by atoms with Crippen LogP contribution in [0, 0.1) is 0 Å². The van der Waals surface area contributed by atoms with Crippen molar-refractivity contribution in [3.63, 3.8) is 0 Å². The number of thioether (sulfide) groups is 1. The number of nitrogens with one attached hydrogen (secondary N) is 1. The lowest BCUT2D eigenvalue weighted by Crippen LogP contribution is -2.49. The van der Waals surface area contributed by atoms with Crippen molar-refractivity contribution in [3.05, 3.63) is 0 Å². The lowest BCUT2D eigenvalue weighted by molar-refractivity contribution is -0.148. The van der Waals surface area contributed by atoms with Crippen LogP contribution in [0.2, 0.25) is 0 Å². The molecule has 0 bridgehead atoms. The molecule has 1 heterocycles. The van der Waals surface area contributed by atoms with E-state index < -0.39 is 12.1 Å². The molecular weight excluding hydrogens is 244 g/mol. The molecule has 7 heteroatoms. The molecule has 6 nitrogen and oxygen atoms in total. The number of hydrogen-bond donors (Lipinski definition) is 2. The summed E-state index contributed by atoms with van der Waals surface area (Å²) in [5, 5.41) is 11.7. The number of amides is 2. The van der Waals surface area contributed by atoms with Gasteiger partial charge in [-0.25, -0.2) is 9.59 Å². The molecule has 0 aromatic rings. The Morgan fingerprint density at radius 3 is 2.88 bits per heavy atom. The van der Waals surface area contributed by atoms with Crippen molar-refractivity contribution in [1.82, 2.24) is 10.2 Å². The molecule has 2 amide bonds. The number of carbonyl (C=O) groups is 2. The average Bonchev–Trinajstić information content (AvgIpc) is 2.29. The number of carboxylic acid groups (broad SMARTS) is 1. The first-order valence-corrected chi connectivity index (χ1v) is 6.49. The summed E-state index contributed by atoms with van der Waals surface area (Å²) in [6, 6.07) is -0.222. The van der Waals surface area contributed by atoms with Crippen molar-refractivity contribution in [2.45, 2.75) is 18.3 Å². The normalized spacial score (nSPS) is 22.0. The van der Waals surface area contributed by atoms with E-state index in [0.717, 1.165) is 5.75 Å². The van der Waals surface area contributed by atoms with Crippen molar-refractivity contribution in [3.8, 4) is 0 Å². The largest absolute Gasteiger partial charge is 0.479 e. The fourth-order valence-electron chi connectivity index (χ4n) is 1.57. The molecule has 98 valence electrons. The zero-order chi connectivity index (χ0) is 12.8. The molecule has 0 saturated carbocycles. The minimum absolute atomic E-state index is 0.0112. The third kappa shape index (κ3) is 4.43. The highest BCUT2D eigenvalue weighted by Gasteiger charge is 2.23. The quantitative estimate of drug-likeness (QED) is 0.758. The summed E-state index contributed by atoms with van der Waals surface area (Å²) >= 11 is 1.83. The SMILES string of the molecule is COC(CNC(=O)N1CCSC(C)C1)C(=O)O. The first-order valence-electron chi connectivity index (χ1n) is 5.44. The summed E-state index contributed by atoms with van der Waals surface area (Å²) in [7, 11) is 1.31. The molecular formula is C10H18N2O4S. The van der Waals surface area contributed by atoms with Crippen LogP contribution >= 0.6 is 11.8 Å². The maximum Gasteiger partial charge on any atom is 0.334 e. The summed E-state index contributed by atoms with van der Waals surface area (Å²) < 4.78 is 4.73. The molecule has 0 aliphatic carbocycles. The number of nitrogens with zero attached hydrogens (tertiary/aromatic N) is 1. The van der Waals surface area contributed by atoms with Crippen LogP contribution < -0.4 is 5.32 Å². The van der Waals surface area contributed by atoms with E-state index in [-0.39, 0.29) is 12.6 Å². The Hall–Kier alpha value is -0.950. The van der Waals surface area contributed by atoms with Gasteiger partial charge in [0.05, 0.1) is 6.54 Å². The predicted octanol–water partition coefficient (Wildman–Crippen LogP) is 0.233. The van der Waals surface area contributed by atoms with Gasteiger partial charge in [0.25, 0.3) is 0 Å². The first kappa shape index (κ1) is 14.1. The van der Waals surface area contributed by atoms with Crippen LogP contribution in [0.1, 0.15) is 6.92 Å². The third-order valence-corrected chi connectivity index (χ3v) is 3.66. The smallest absolute Gasteiger partial charge is 0.334 e. The highest BCUT2D eigenvalue weighted by Crippen LogP contribution is 2.17. The summed E-state index contributed by atoms with van der Waals surface area (Å²) in [5.74, 6) is -0.156. The molecule has 2 N–H and O–H groups in total. The van der Waals surface area contributed by atoms with E-state index in [0.29, 0.717) is 18.3 Å². The topological polar surface area (TPSA) is 78.9 Å². The van der Waals surface area contributed by atoms with Gasteiger partial charge in [-0.1, -0.05) is 6.92 Å². The van der Waals surface area contributed by atoms with Crippen LogP contribution in [0.25, 0.3) is 0 Å². The number of ether oxygens (including phenoxy) is 1.